The molecule has 244 valence electrons. The maximum Gasteiger partial charge on any atom is 0.358 e. The Balaban J connectivity index is 1.28. The van der Waals surface area contributed by atoms with Crippen molar-refractivity contribution in [1.29, 1.82) is 0 Å². The Morgan fingerprint density at radius 2 is 1.83 bits per heavy atom. The summed E-state index contributed by atoms with van der Waals surface area (Å²) in [7, 11) is 0. The van der Waals surface area contributed by atoms with Crippen LogP contribution < -0.4 is 5.32 Å². The molecule has 1 unspecified atom stereocenters. The van der Waals surface area contributed by atoms with E-state index >= 15 is 0 Å². The Hall–Kier alpha value is -3.14. The number of nitrogens with one attached hydrogen (secondary N) is 1. The van der Waals surface area contributed by atoms with E-state index in [9.17, 15) is 24.0 Å². The van der Waals surface area contributed by atoms with Gasteiger partial charge in [0.1, 0.15) is 33.7 Å². The van der Waals surface area contributed by atoms with Crippen LogP contribution in [0.25, 0.3) is 0 Å². The number of amides is 2. The van der Waals surface area contributed by atoms with Crippen molar-refractivity contribution in [3.05, 3.63) is 70.3 Å². The van der Waals surface area contributed by atoms with E-state index in [0.29, 0.717) is 12.0 Å². The number of aliphatic imine (C=N–C) groups is 1. The molecule has 2 fully saturated rings. The summed E-state index contributed by atoms with van der Waals surface area (Å²) < 4.78 is 15.3. The predicted molar refractivity (Wildman–Crippen MR) is 181 cm³/mol. The molecule has 11 nitrogen and oxygen atoms in total. The highest BCUT2D eigenvalue weighted by Crippen LogP contribution is 2.42. The van der Waals surface area contributed by atoms with Crippen LogP contribution in [0.3, 0.4) is 0 Å². The molecule has 46 heavy (non-hydrogen) atoms. The average molecular weight is 704 g/mol. The first-order valence-corrected chi connectivity index (χ1v) is 18.6. The van der Waals surface area contributed by atoms with Crippen LogP contribution in [0.5, 0.6) is 0 Å². The van der Waals surface area contributed by atoms with Crippen LogP contribution in [0.15, 0.2) is 69.7 Å². The van der Waals surface area contributed by atoms with E-state index < -0.39 is 47.3 Å². The maximum atomic E-state index is 13.8. The van der Waals surface area contributed by atoms with E-state index in [1.54, 1.807) is 6.92 Å². The van der Waals surface area contributed by atoms with Gasteiger partial charge in [0.15, 0.2) is 0 Å². The number of carbonyl (C=O) groups is 5. The minimum atomic E-state index is -0.892. The monoisotopic (exact) mass is 703 g/mol. The van der Waals surface area contributed by atoms with Gasteiger partial charge in [-0.05, 0) is 17.7 Å². The van der Waals surface area contributed by atoms with Gasteiger partial charge in [-0.2, -0.15) is 0 Å². The Morgan fingerprint density at radius 3 is 2.50 bits per heavy atom. The number of hydrogen-bond donors (Lipinski definition) is 1. The van der Waals surface area contributed by atoms with Crippen LogP contribution in [0.4, 0.5) is 0 Å². The lowest BCUT2D eigenvalue weighted by molar-refractivity contribution is -0.168. The molecule has 3 aliphatic heterocycles. The lowest BCUT2D eigenvalue weighted by atomic mass is 10.0. The smallest absolute Gasteiger partial charge is 0.358 e. The summed E-state index contributed by atoms with van der Waals surface area (Å²) in [6.07, 6.45) is 6.81. The SMILES string of the molecule is CCC(=O)OCOC(=O)C1=C(COC(C)=O)CS[C@@H]2[C@H](NC(=O)C(SC3=CCC(=NC4SCCS4)C=C3)c3ccccc3)C(=O)N12. The molecule has 15 heteroatoms. The third-order valence-corrected chi connectivity index (χ3v) is 12.5. The third-order valence-electron chi connectivity index (χ3n) is 7.11. The summed E-state index contributed by atoms with van der Waals surface area (Å²) in [5.74, 6) is -0.369. The number of β-lactam (4-membered cyclic amide) rings is 1. The van der Waals surface area contributed by atoms with Crippen molar-refractivity contribution < 1.29 is 38.2 Å². The molecule has 4 aliphatic rings. The largest absolute Gasteiger partial charge is 0.461 e. The van der Waals surface area contributed by atoms with Gasteiger partial charge in [0.25, 0.3) is 5.91 Å². The number of allylic oxidation sites excluding steroid dienone is 3. The van der Waals surface area contributed by atoms with Crippen LogP contribution in [0, 0.1) is 0 Å². The van der Waals surface area contributed by atoms with Gasteiger partial charge in [-0.25, -0.2) is 4.79 Å². The molecule has 1 aromatic carbocycles. The molecule has 0 aromatic heterocycles. The van der Waals surface area contributed by atoms with E-state index in [1.807, 2.05) is 66.0 Å². The van der Waals surface area contributed by atoms with Crippen molar-refractivity contribution in [2.45, 2.75) is 48.1 Å². The van der Waals surface area contributed by atoms with Crippen LogP contribution in [-0.4, -0.2) is 87.1 Å². The molecule has 3 heterocycles. The van der Waals surface area contributed by atoms with Gasteiger partial charge in [0.2, 0.25) is 12.7 Å². The normalized spacial score (nSPS) is 22.5. The summed E-state index contributed by atoms with van der Waals surface area (Å²) >= 11 is 6.43. The summed E-state index contributed by atoms with van der Waals surface area (Å²) in [6.45, 7) is 2.01. The zero-order chi connectivity index (χ0) is 32.6. The quantitative estimate of drug-likeness (QED) is 0.190. The number of nitrogens with zero attached hydrogens (tertiary/aromatic N) is 2. The molecule has 0 spiro atoms. The van der Waals surface area contributed by atoms with Crippen molar-refractivity contribution in [1.82, 2.24) is 10.2 Å². The fourth-order valence-electron chi connectivity index (χ4n) is 4.82. The number of esters is 3. The first-order valence-electron chi connectivity index (χ1n) is 14.6. The minimum absolute atomic E-state index is 0.0774. The Kier molecular flexibility index (Phi) is 12.0. The minimum Gasteiger partial charge on any atom is -0.461 e. The molecule has 1 N–H and O–H groups in total. The number of carbonyl (C=O) groups excluding carboxylic acids is 5. The molecular weight excluding hydrogens is 671 g/mol. The zero-order valence-corrected chi connectivity index (χ0v) is 28.4. The van der Waals surface area contributed by atoms with Gasteiger partial charge in [0, 0.05) is 53.2 Å². The van der Waals surface area contributed by atoms with E-state index in [2.05, 4.69) is 11.4 Å². The first kappa shape index (κ1) is 34.2. The van der Waals surface area contributed by atoms with Gasteiger partial charge >= 0.3 is 17.9 Å². The van der Waals surface area contributed by atoms with Crippen molar-refractivity contribution in [2.24, 2.45) is 4.99 Å². The van der Waals surface area contributed by atoms with E-state index in [4.69, 9.17) is 19.2 Å². The molecule has 2 amide bonds. The number of fused-ring (bicyclic) bond motifs is 1. The number of ether oxygens (including phenoxy) is 3. The molecule has 3 atom stereocenters. The van der Waals surface area contributed by atoms with Crippen LogP contribution in [0.2, 0.25) is 0 Å². The fraction of sp³-hybridized carbons (Fsp3) is 0.419. The number of hydrogen-bond acceptors (Lipinski definition) is 13. The number of benzene rings is 1. The fourth-order valence-corrected chi connectivity index (χ4v) is 9.76. The van der Waals surface area contributed by atoms with E-state index in [0.717, 1.165) is 27.7 Å². The zero-order valence-electron chi connectivity index (χ0n) is 25.2. The van der Waals surface area contributed by atoms with Crippen molar-refractivity contribution in [3.8, 4) is 0 Å². The lowest BCUT2D eigenvalue weighted by Gasteiger charge is -2.49. The lowest BCUT2D eigenvalue weighted by Crippen LogP contribution is -2.71. The Bertz CT molecular complexity index is 1490. The number of thioether (sulfide) groups is 4. The molecule has 1 aromatic rings. The second kappa shape index (κ2) is 16.1. The van der Waals surface area contributed by atoms with E-state index in [-0.39, 0.29) is 35.1 Å². The second-order valence-corrected chi connectivity index (χ2v) is 15.2. The second-order valence-electron chi connectivity index (χ2n) is 10.3. The molecule has 5 rings (SSSR count). The van der Waals surface area contributed by atoms with E-state index in [1.165, 1.54) is 35.3 Å². The number of rotatable bonds is 12. The Morgan fingerprint density at radius 1 is 1.07 bits per heavy atom. The summed E-state index contributed by atoms with van der Waals surface area (Å²) in [5, 5.41) is 1.70. The predicted octanol–water partition coefficient (Wildman–Crippen LogP) is 4.18. The molecule has 0 saturated carbocycles. The first-order chi connectivity index (χ1) is 22.2. The van der Waals surface area contributed by atoms with Gasteiger partial charge in [-0.15, -0.1) is 47.0 Å². The average Bonchev–Trinajstić information content (AvgIpc) is 3.58. The van der Waals surface area contributed by atoms with Gasteiger partial charge in [0.05, 0.1) is 0 Å². The molecular formula is C31H33N3O8S4. The highest BCUT2D eigenvalue weighted by Gasteiger charge is 2.55. The highest BCUT2D eigenvalue weighted by molar-refractivity contribution is 8.20. The standard InChI is InChI=1S/C31H33N3O8S4/c1-3-23(36)41-17-42-30(39)25-20(15-40-18(2)35)16-45-29-24(28(38)34(25)29)33-27(37)26(19-7-5-4-6-8-19)46-22-11-9-21(10-12-22)32-31-43-13-14-44-31/h4-9,11-12,24,26,29,31H,3,10,13-17H2,1-2H3,(H,33,37)/t24-,26?,29-/m1/s1. The summed E-state index contributed by atoms with van der Waals surface area (Å²) in [5.41, 5.74) is 2.09. The van der Waals surface area contributed by atoms with Crippen LogP contribution in [0.1, 0.15) is 37.5 Å². The van der Waals surface area contributed by atoms with Gasteiger partial charge < -0.3 is 19.5 Å². The Labute approximate surface area is 283 Å². The van der Waals surface area contributed by atoms with Crippen LogP contribution in [-0.2, 0) is 38.2 Å². The molecule has 0 radical (unpaired) electrons. The topological polar surface area (TPSA) is 141 Å². The van der Waals surface area contributed by atoms with Gasteiger partial charge in [-0.1, -0.05) is 43.3 Å². The third kappa shape index (κ3) is 8.41. The highest BCUT2D eigenvalue weighted by atomic mass is 32.2. The summed E-state index contributed by atoms with van der Waals surface area (Å²) in [6, 6.07) is 8.46. The summed E-state index contributed by atoms with van der Waals surface area (Å²) in [4.78, 5) is 70.4. The molecule has 2 saturated heterocycles. The van der Waals surface area contributed by atoms with Crippen molar-refractivity contribution in [3.63, 3.8) is 0 Å². The maximum absolute atomic E-state index is 13.8. The van der Waals surface area contributed by atoms with Crippen LogP contribution >= 0.6 is 47.0 Å². The van der Waals surface area contributed by atoms with Crippen molar-refractivity contribution in [2.75, 3.05) is 30.7 Å². The molecule has 1 aliphatic carbocycles. The molecule has 0 bridgehead atoms. The van der Waals surface area contributed by atoms with Gasteiger partial charge in [-0.3, -0.25) is 29.1 Å². The van der Waals surface area contributed by atoms with Crippen molar-refractivity contribution >= 4 is 82.5 Å².